The zero-order chi connectivity index (χ0) is 31.1. The molecule has 0 aliphatic carbocycles. The van der Waals surface area contributed by atoms with E-state index in [2.05, 4.69) is 15.6 Å². The molecule has 200 valence electrons. The number of aromatic amines is 1. The maximum atomic E-state index is 13.3. The van der Waals surface area contributed by atoms with Crippen LogP contribution >= 0.6 is 11.3 Å². The van der Waals surface area contributed by atoms with Crippen molar-refractivity contribution in [3.05, 3.63) is 82.0 Å². The molecule has 0 saturated heterocycles. The Balaban J connectivity index is 1.45. The highest BCUT2D eigenvalue weighted by molar-refractivity contribution is 7.13. The van der Waals surface area contributed by atoms with Gasteiger partial charge in [0, 0.05) is 54.9 Å². The van der Waals surface area contributed by atoms with E-state index in [1.54, 1.807) is 45.1 Å². The van der Waals surface area contributed by atoms with Crippen LogP contribution in [0.1, 0.15) is 52.2 Å². The Kier molecular flexibility index (Phi) is 6.39. The molecule has 0 unspecified atom stereocenters. The fourth-order valence-electron chi connectivity index (χ4n) is 4.62. The molecule has 1 aliphatic heterocycles. The number of likely N-dealkylation sites (N-methyl/N-ethyl adjacent to an activating group) is 1. The standard InChI is InChI=1S/C31H33N5O2S/c1-5-36(6-2)15-14-32-30(38)28-19(3)26(33-20(28)4)17-24-23-16-22(12-13-25(23)34-29(24)37)27-18-39-31(35-27)21-10-8-7-9-11-21/h7-13,16-18,33H,5-6,14-15H2,1-4H3,(H,32,38)(H,34,37)/b24-17-/i14D2,15D2. The first-order valence-electron chi connectivity index (χ1n) is 14.8. The van der Waals surface area contributed by atoms with Gasteiger partial charge in [0.05, 0.1) is 19.6 Å². The van der Waals surface area contributed by atoms with Crippen molar-refractivity contribution in [1.82, 2.24) is 20.2 Å². The average Bonchev–Trinajstić information content (AvgIpc) is 3.65. The van der Waals surface area contributed by atoms with Crippen molar-refractivity contribution >= 4 is 40.5 Å². The summed E-state index contributed by atoms with van der Waals surface area (Å²) < 4.78 is 33.4. The molecule has 4 aromatic rings. The van der Waals surface area contributed by atoms with E-state index < -0.39 is 18.9 Å². The molecular weight excluding hydrogens is 506 g/mol. The summed E-state index contributed by atoms with van der Waals surface area (Å²) in [5, 5.41) is 8.05. The second-order valence-electron chi connectivity index (χ2n) is 9.20. The third-order valence-electron chi connectivity index (χ3n) is 6.77. The van der Waals surface area contributed by atoms with E-state index in [4.69, 9.17) is 10.5 Å². The molecule has 2 amide bonds. The largest absolute Gasteiger partial charge is 0.358 e. The lowest BCUT2D eigenvalue weighted by molar-refractivity contribution is -0.110. The van der Waals surface area contributed by atoms with Gasteiger partial charge in [0.2, 0.25) is 0 Å². The van der Waals surface area contributed by atoms with Gasteiger partial charge in [-0.25, -0.2) is 4.98 Å². The number of amides is 2. The maximum absolute atomic E-state index is 13.3. The van der Waals surface area contributed by atoms with Crippen LogP contribution in [0.2, 0.25) is 0 Å². The minimum Gasteiger partial charge on any atom is -0.358 e. The van der Waals surface area contributed by atoms with Crippen LogP contribution in [0.15, 0.2) is 53.9 Å². The quantitative estimate of drug-likeness (QED) is 0.226. The van der Waals surface area contributed by atoms with Crippen LogP contribution in [-0.4, -0.2) is 52.8 Å². The van der Waals surface area contributed by atoms with Crippen molar-refractivity contribution in [3.63, 3.8) is 0 Å². The van der Waals surface area contributed by atoms with Crippen molar-refractivity contribution in [2.24, 2.45) is 0 Å². The molecule has 7 nitrogen and oxygen atoms in total. The Morgan fingerprint density at radius 3 is 2.64 bits per heavy atom. The summed E-state index contributed by atoms with van der Waals surface area (Å²) in [6.07, 6.45) is 1.68. The van der Waals surface area contributed by atoms with Crippen LogP contribution in [-0.2, 0) is 4.79 Å². The highest BCUT2D eigenvalue weighted by atomic mass is 32.1. The first kappa shape index (κ1) is 21.9. The van der Waals surface area contributed by atoms with Gasteiger partial charge in [0.15, 0.2) is 0 Å². The van der Waals surface area contributed by atoms with Crippen LogP contribution in [0, 0.1) is 13.8 Å². The number of benzene rings is 2. The van der Waals surface area contributed by atoms with Crippen LogP contribution in [0.5, 0.6) is 0 Å². The first-order chi connectivity index (χ1) is 20.4. The molecule has 2 aromatic carbocycles. The highest BCUT2D eigenvalue weighted by Crippen LogP contribution is 2.38. The van der Waals surface area contributed by atoms with Gasteiger partial charge in [-0.3, -0.25) is 9.59 Å². The number of hydrogen-bond acceptors (Lipinski definition) is 5. The number of nitrogens with one attached hydrogen (secondary N) is 3. The number of fused-ring (bicyclic) bond motifs is 1. The van der Waals surface area contributed by atoms with Gasteiger partial charge in [-0.05, 0) is 50.7 Å². The second kappa shape index (κ2) is 11.4. The summed E-state index contributed by atoms with van der Waals surface area (Å²) in [7, 11) is 0. The lowest BCUT2D eigenvalue weighted by Gasteiger charge is -2.18. The topological polar surface area (TPSA) is 90.1 Å². The minimum atomic E-state index is -2.67. The summed E-state index contributed by atoms with van der Waals surface area (Å²) in [6.45, 7) is 2.33. The van der Waals surface area contributed by atoms with Crippen LogP contribution in [0.25, 0.3) is 33.5 Å². The van der Waals surface area contributed by atoms with E-state index in [0.717, 1.165) is 21.8 Å². The predicted molar refractivity (Wildman–Crippen MR) is 160 cm³/mol. The fraction of sp³-hybridized carbons (Fsp3) is 0.258. The molecule has 0 bridgehead atoms. The highest BCUT2D eigenvalue weighted by Gasteiger charge is 2.26. The normalized spacial score (nSPS) is 15.9. The molecule has 2 aromatic heterocycles. The Hall–Kier alpha value is -4.01. The number of anilines is 1. The summed E-state index contributed by atoms with van der Waals surface area (Å²) in [4.78, 5) is 35.6. The van der Waals surface area contributed by atoms with Gasteiger partial charge in [-0.1, -0.05) is 50.2 Å². The molecule has 0 atom stereocenters. The lowest BCUT2D eigenvalue weighted by Crippen LogP contribution is -2.35. The zero-order valence-electron chi connectivity index (χ0n) is 26.3. The predicted octanol–water partition coefficient (Wildman–Crippen LogP) is 5.99. The van der Waals surface area contributed by atoms with E-state index in [1.807, 2.05) is 53.9 Å². The molecule has 0 radical (unpaired) electrons. The fourth-order valence-corrected chi connectivity index (χ4v) is 5.46. The number of carbonyl (C=O) groups is 2. The monoisotopic (exact) mass is 543 g/mol. The van der Waals surface area contributed by atoms with Crippen molar-refractivity contribution in [1.29, 1.82) is 0 Å². The van der Waals surface area contributed by atoms with Gasteiger partial charge in [-0.15, -0.1) is 11.3 Å². The average molecular weight is 544 g/mol. The molecule has 5 rings (SSSR count). The van der Waals surface area contributed by atoms with Crippen LogP contribution < -0.4 is 10.6 Å². The Bertz CT molecular complexity index is 1730. The number of aromatic nitrogens is 2. The molecular formula is C31H33N5O2S. The SMILES string of the molecule is [2H]C([2H])(NC(=O)c1c(C)[nH]c(/C=C2\C(=O)Nc3ccc(-c4csc(-c5ccccc5)n4)cc32)c1C)C([2H])([2H])N(CC)CC. The summed E-state index contributed by atoms with van der Waals surface area (Å²) in [6, 6.07) is 15.6. The van der Waals surface area contributed by atoms with Crippen molar-refractivity contribution in [2.45, 2.75) is 27.7 Å². The van der Waals surface area contributed by atoms with E-state index in [9.17, 15) is 9.59 Å². The van der Waals surface area contributed by atoms with Crippen molar-refractivity contribution in [2.75, 3.05) is 31.4 Å². The first-order valence-corrected chi connectivity index (χ1v) is 13.7. The van der Waals surface area contributed by atoms with Crippen molar-refractivity contribution in [3.8, 4) is 21.8 Å². The Labute approximate surface area is 238 Å². The zero-order valence-corrected chi connectivity index (χ0v) is 23.1. The van der Waals surface area contributed by atoms with E-state index in [0.29, 0.717) is 33.8 Å². The van der Waals surface area contributed by atoms with Crippen LogP contribution in [0.4, 0.5) is 5.69 Å². The number of aryl methyl sites for hydroxylation is 1. The van der Waals surface area contributed by atoms with Gasteiger partial charge in [0.25, 0.3) is 11.8 Å². The lowest BCUT2D eigenvalue weighted by atomic mass is 10.0. The number of carbonyl (C=O) groups excluding carboxylic acids is 2. The van der Waals surface area contributed by atoms with Gasteiger partial charge >= 0.3 is 0 Å². The van der Waals surface area contributed by atoms with Gasteiger partial charge < -0.3 is 20.5 Å². The summed E-state index contributed by atoms with van der Waals surface area (Å²) in [5.74, 6) is -1.02. The van der Waals surface area contributed by atoms with E-state index in [1.165, 1.54) is 4.90 Å². The maximum Gasteiger partial charge on any atom is 0.256 e. The van der Waals surface area contributed by atoms with Crippen molar-refractivity contribution < 1.29 is 15.1 Å². The summed E-state index contributed by atoms with van der Waals surface area (Å²) in [5.41, 5.74) is 6.22. The second-order valence-corrected chi connectivity index (χ2v) is 10.1. The van der Waals surface area contributed by atoms with E-state index in [-0.39, 0.29) is 24.6 Å². The molecule has 1 aliphatic rings. The Morgan fingerprint density at radius 2 is 1.90 bits per heavy atom. The molecule has 0 saturated carbocycles. The van der Waals surface area contributed by atoms with E-state index >= 15 is 0 Å². The van der Waals surface area contributed by atoms with Gasteiger partial charge in [-0.2, -0.15) is 0 Å². The number of rotatable bonds is 9. The third kappa shape index (κ3) is 5.44. The number of hydrogen-bond donors (Lipinski definition) is 3. The summed E-state index contributed by atoms with van der Waals surface area (Å²) >= 11 is 1.55. The molecule has 39 heavy (non-hydrogen) atoms. The molecule has 8 heteroatoms. The Morgan fingerprint density at radius 1 is 1.13 bits per heavy atom. The van der Waals surface area contributed by atoms with Gasteiger partial charge in [0.1, 0.15) is 5.01 Å². The number of H-pyrrole nitrogens is 1. The number of thiazole rings is 1. The molecule has 0 fully saturated rings. The number of nitrogens with zero attached hydrogens (tertiary/aromatic N) is 2. The van der Waals surface area contributed by atoms with Crippen LogP contribution in [0.3, 0.4) is 0 Å². The third-order valence-corrected chi connectivity index (χ3v) is 7.66. The molecule has 3 N–H and O–H groups in total. The molecule has 3 heterocycles. The molecule has 0 spiro atoms. The smallest absolute Gasteiger partial charge is 0.256 e. The minimum absolute atomic E-state index is 0.203.